The van der Waals surface area contributed by atoms with Gasteiger partial charge in [0.15, 0.2) is 5.13 Å². The number of carbonyl (C=O) groups excluding carboxylic acids is 1. The van der Waals surface area contributed by atoms with E-state index in [9.17, 15) is 9.18 Å². The first-order chi connectivity index (χ1) is 8.69. The van der Waals surface area contributed by atoms with Crippen LogP contribution in [0.1, 0.15) is 10.4 Å². The molecule has 2 aromatic rings. The lowest BCUT2D eigenvalue weighted by molar-refractivity contribution is -0.113. The smallest absolute Gasteiger partial charge is 0.241 e. The van der Waals surface area contributed by atoms with Gasteiger partial charge in [0.2, 0.25) is 5.91 Å². The summed E-state index contributed by atoms with van der Waals surface area (Å²) in [5, 5.41) is 3.03. The Morgan fingerprint density at radius 1 is 1.44 bits per heavy atom. The number of amides is 1. The molecule has 0 fully saturated rings. The third-order valence-corrected chi connectivity index (χ3v) is 3.40. The number of carbonyl (C=O) groups is 1. The number of hydrogen-bond donors (Lipinski definition) is 1. The van der Waals surface area contributed by atoms with Crippen molar-refractivity contribution in [1.82, 2.24) is 4.98 Å². The Morgan fingerprint density at radius 3 is 2.94 bits per heavy atom. The minimum absolute atomic E-state index is 0.109. The van der Waals surface area contributed by atoms with E-state index in [1.807, 2.05) is 0 Å². The first-order valence-corrected chi connectivity index (χ1v) is 6.58. The van der Waals surface area contributed by atoms with E-state index in [2.05, 4.69) is 10.3 Å². The second-order valence-corrected chi connectivity index (χ2v) is 4.96. The highest BCUT2D eigenvalue weighted by Crippen LogP contribution is 2.22. The number of nitrogens with zero attached hydrogens (tertiary/aromatic N) is 1. The van der Waals surface area contributed by atoms with Crippen molar-refractivity contribution < 1.29 is 9.18 Å². The molecule has 1 aromatic carbocycles. The monoisotopic (exact) mass is 284 g/mol. The second kappa shape index (κ2) is 5.93. The summed E-state index contributed by atoms with van der Waals surface area (Å²) in [7, 11) is 0. The summed E-state index contributed by atoms with van der Waals surface area (Å²) in [6.45, 7) is 0. The average molecular weight is 285 g/mol. The minimum Gasteiger partial charge on any atom is -0.301 e. The molecule has 0 bridgehead atoms. The van der Waals surface area contributed by atoms with E-state index in [1.54, 1.807) is 24.4 Å². The van der Waals surface area contributed by atoms with Crippen LogP contribution in [0, 0.1) is 5.82 Å². The van der Waals surface area contributed by atoms with Gasteiger partial charge >= 0.3 is 0 Å². The van der Waals surface area contributed by atoms with Crippen LogP contribution >= 0.6 is 22.9 Å². The molecule has 0 aliphatic rings. The number of thiazole rings is 1. The van der Waals surface area contributed by atoms with E-state index >= 15 is 0 Å². The van der Waals surface area contributed by atoms with Crippen LogP contribution in [0.15, 0.2) is 30.5 Å². The SMILES string of the molecule is O=C(CCl)Nc1ncc(Cc2ccccc2F)s1. The lowest BCUT2D eigenvalue weighted by atomic mass is 10.1. The largest absolute Gasteiger partial charge is 0.301 e. The summed E-state index contributed by atoms with van der Waals surface area (Å²) >= 11 is 6.69. The molecule has 0 spiro atoms. The molecule has 3 nitrogen and oxygen atoms in total. The van der Waals surface area contributed by atoms with E-state index in [1.165, 1.54) is 17.4 Å². The van der Waals surface area contributed by atoms with Gasteiger partial charge in [-0.25, -0.2) is 9.37 Å². The lowest BCUT2D eigenvalue weighted by Crippen LogP contribution is -2.11. The van der Waals surface area contributed by atoms with Crippen molar-refractivity contribution in [3.05, 3.63) is 46.7 Å². The van der Waals surface area contributed by atoms with Crippen molar-refractivity contribution in [3.8, 4) is 0 Å². The van der Waals surface area contributed by atoms with Crippen LogP contribution in [-0.4, -0.2) is 16.8 Å². The fraction of sp³-hybridized carbons (Fsp3) is 0.167. The zero-order chi connectivity index (χ0) is 13.0. The first kappa shape index (κ1) is 13.0. The lowest BCUT2D eigenvalue weighted by Gasteiger charge is -1.99. The van der Waals surface area contributed by atoms with Crippen molar-refractivity contribution in [2.45, 2.75) is 6.42 Å². The van der Waals surface area contributed by atoms with Crippen molar-refractivity contribution in [2.24, 2.45) is 0 Å². The predicted octanol–water partition coefficient (Wildman–Crippen LogP) is 3.05. The van der Waals surface area contributed by atoms with Gasteiger partial charge < -0.3 is 5.32 Å². The highest BCUT2D eigenvalue weighted by molar-refractivity contribution is 7.15. The molecule has 6 heteroatoms. The van der Waals surface area contributed by atoms with Gasteiger partial charge in [-0.2, -0.15) is 0 Å². The molecule has 2 rings (SSSR count). The van der Waals surface area contributed by atoms with E-state index in [0.29, 0.717) is 17.1 Å². The number of anilines is 1. The molecule has 18 heavy (non-hydrogen) atoms. The molecule has 0 atom stereocenters. The van der Waals surface area contributed by atoms with E-state index in [-0.39, 0.29) is 17.6 Å². The van der Waals surface area contributed by atoms with Crippen LogP contribution in [0.3, 0.4) is 0 Å². The molecular weight excluding hydrogens is 275 g/mol. The van der Waals surface area contributed by atoms with Crippen LogP contribution in [0.2, 0.25) is 0 Å². The molecule has 0 aliphatic carbocycles. The third kappa shape index (κ3) is 3.27. The molecule has 0 unspecified atom stereocenters. The van der Waals surface area contributed by atoms with Gasteiger partial charge in [0.05, 0.1) is 0 Å². The summed E-state index contributed by atoms with van der Waals surface area (Å²) in [5.74, 6) is -0.650. The first-order valence-electron chi connectivity index (χ1n) is 5.23. The van der Waals surface area contributed by atoms with Crippen molar-refractivity contribution >= 4 is 34.0 Å². The maximum Gasteiger partial charge on any atom is 0.241 e. The van der Waals surface area contributed by atoms with Gasteiger partial charge in [-0.15, -0.1) is 22.9 Å². The quantitative estimate of drug-likeness (QED) is 0.877. The minimum atomic E-state index is -0.302. The van der Waals surface area contributed by atoms with Crippen molar-refractivity contribution in [2.75, 3.05) is 11.2 Å². The van der Waals surface area contributed by atoms with Crippen LogP contribution in [0.4, 0.5) is 9.52 Å². The number of benzene rings is 1. The summed E-state index contributed by atoms with van der Waals surface area (Å²) in [6.07, 6.45) is 2.09. The molecule has 1 amide bonds. The Hall–Kier alpha value is -1.46. The summed E-state index contributed by atoms with van der Waals surface area (Å²) in [4.78, 5) is 16.0. The summed E-state index contributed by atoms with van der Waals surface area (Å²) < 4.78 is 13.4. The second-order valence-electron chi connectivity index (χ2n) is 3.58. The molecule has 0 radical (unpaired) electrons. The van der Waals surface area contributed by atoms with E-state index in [4.69, 9.17) is 11.6 Å². The molecule has 0 aliphatic heterocycles. The van der Waals surface area contributed by atoms with E-state index < -0.39 is 0 Å². The zero-order valence-corrected chi connectivity index (χ0v) is 10.9. The summed E-state index contributed by atoms with van der Waals surface area (Å²) in [6, 6.07) is 6.59. The Bertz CT molecular complexity index is 559. The van der Waals surface area contributed by atoms with Gasteiger partial charge in [0.1, 0.15) is 11.7 Å². The average Bonchev–Trinajstić information content (AvgIpc) is 2.79. The number of alkyl halides is 1. The summed E-state index contributed by atoms with van der Waals surface area (Å²) in [5.41, 5.74) is 0.608. The maximum atomic E-state index is 13.4. The number of rotatable bonds is 4. The maximum absolute atomic E-state index is 13.4. The molecule has 0 saturated heterocycles. The zero-order valence-electron chi connectivity index (χ0n) is 9.32. The van der Waals surface area contributed by atoms with Gasteiger partial charge in [0.25, 0.3) is 0 Å². The van der Waals surface area contributed by atoms with Gasteiger partial charge in [-0.05, 0) is 11.6 Å². The van der Waals surface area contributed by atoms with Gasteiger partial charge in [0, 0.05) is 17.5 Å². The van der Waals surface area contributed by atoms with Crippen LogP contribution < -0.4 is 5.32 Å². The van der Waals surface area contributed by atoms with Crippen LogP contribution in [-0.2, 0) is 11.2 Å². The Kier molecular flexibility index (Phi) is 4.28. The van der Waals surface area contributed by atoms with Crippen molar-refractivity contribution in [3.63, 3.8) is 0 Å². The van der Waals surface area contributed by atoms with Gasteiger partial charge in [-0.3, -0.25) is 4.79 Å². The third-order valence-electron chi connectivity index (χ3n) is 2.24. The van der Waals surface area contributed by atoms with Crippen molar-refractivity contribution in [1.29, 1.82) is 0 Å². The van der Waals surface area contributed by atoms with Crippen LogP contribution in [0.25, 0.3) is 0 Å². The molecule has 94 valence electrons. The number of nitrogens with one attached hydrogen (secondary N) is 1. The van der Waals surface area contributed by atoms with E-state index in [0.717, 1.165) is 4.88 Å². The molecular formula is C12H10ClFN2OS. The predicted molar refractivity (Wildman–Crippen MR) is 70.7 cm³/mol. The number of hydrogen-bond acceptors (Lipinski definition) is 3. The van der Waals surface area contributed by atoms with Gasteiger partial charge in [-0.1, -0.05) is 18.2 Å². The molecule has 1 heterocycles. The standard InChI is InChI=1S/C12H10ClFN2OS/c13-6-11(17)16-12-15-7-9(18-12)5-8-3-1-2-4-10(8)14/h1-4,7H,5-6H2,(H,15,16,17). The Morgan fingerprint density at radius 2 is 2.22 bits per heavy atom. The Balaban J connectivity index is 2.07. The number of halogens is 2. The van der Waals surface area contributed by atoms with Crippen LogP contribution in [0.5, 0.6) is 0 Å². The highest BCUT2D eigenvalue weighted by atomic mass is 35.5. The number of aromatic nitrogens is 1. The molecule has 1 N–H and O–H groups in total. The normalized spacial score (nSPS) is 10.3. The molecule has 1 aromatic heterocycles. The topological polar surface area (TPSA) is 42.0 Å². The fourth-order valence-electron chi connectivity index (χ4n) is 1.43. The molecule has 0 saturated carbocycles. The Labute approximate surface area is 113 Å². The highest BCUT2D eigenvalue weighted by Gasteiger charge is 2.08. The fourth-order valence-corrected chi connectivity index (χ4v) is 2.35.